The third-order valence-corrected chi connectivity index (χ3v) is 6.98. The van der Waals surface area contributed by atoms with Crippen LogP contribution < -0.4 is 14.2 Å². The minimum Gasteiger partial charge on any atom is -0.491 e. The highest BCUT2D eigenvalue weighted by Crippen LogP contribution is 2.40. The van der Waals surface area contributed by atoms with Crippen LogP contribution in [0.5, 0.6) is 17.2 Å². The van der Waals surface area contributed by atoms with Crippen molar-refractivity contribution in [3.8, 4) is 28.4 Å². The van der Waals surface area contributed by atoms with E-state index < -0.39 is 46.0 Å². The average molecular weight is 553 g/mol. The van der Waals surface area contributed by atoms with Crippen LogP contribution in [0.4, 0.5) is 26.3 Å². The summed E-state index contributed by atoms with van der Waals surface area (Å²) in [5.41, 5.74) is -0.580. The van der Waals surface area contributed by atoms with Gasteiger partial charge in [-0.3, -0.25) is 0 Å². The molecule has 9 heteroatoms. The molecule has 0 spiro atoms. The van der Waals surface area contributed by atoms with Gasteiger partial charge in [0.2, 0.25) is 17.5 Å². The fraction of sp³-hybridized carbons (Fsp3) is 0.400. The molecule has 0 aromatic heterocycles. The molecule has 3 aromatic rings. The maximum atomic E-state index is 14.8. The van der Waals surface area contributed by atoms with Gasteiger partial charge >= 0.3 is 0 Å². The molecule has 1 aliphatic rings. The molecule has 1 aliphatic carbocycles. The summed E-state index contributed by atoms with van der Waals surface area (Å²) in [6.07, 6.45) is 3.09. The van der Waals surface area contributed by atoms with Gasteiger partial charge in [0.1, 0.15) is 0 Å². The van der Waals surface area contributed by atoms with E-state index in [1.54, 1.807) is 13.0 Å². The average Bonchev–Trinajstić information content (AvgIpc) is 2.94. The van der Waals surface area contributed by atoms with Gasteiger partial charge in [-0.05, 0) is 86.8 Å². The first-order valence-corrected chi connectivity index (χ1v) is 13.1. The van der Waals surface area contributed by atoms with E-state index >= 15 is 0 Å². The van der Waals surface area contributed by atoms with Gasteiger partial charge in [-0.25, -0.2) is 13.2 Å². The van der Waals surface area contributed by atoms with E-state index in [1.165, 1.54) is 12.1 Å². The van der Waals surface area contributed by atoms with E-state index in [2.05, 4.69) is 0 Å². The molecule has 0 N–H and O–H groups in total. The molecule has 3 aromatic carbocycles. The quantitative estimate of drug-likeness (QED) is 0.236. The first-order valence-electron chi connectivity index (χ1n) is 13.1. The van der Waals surface area contributed by atoms with E-state index in [0.29, 0.717) is 44.3 Å². The molecule has 0 bridgehead atoms. The molecule has 0 unspecified atom stereocenters. The summed E-state index contributed by atoms with van der Waals surface area (Å²) in [6.45, 7) is 3.98. The lowest BCUT2D eigenvalue weighted by molar-refractivity contribution is 0.191. The van der Waals surface area contributed by atoms with Gasteiger partial charge in [-0.1, -0.05) is 13.0 Å². The Hall–Kier alpha value is -3.36. The minimum atomic E-state index is -1.36. The van der Waals surface area contributed by atoms with Crippen molar-refractivity contribution in [2.45, 2.75) is 51.9 Å². The van der Waals surface area contributed by atoms with Crippen molar-refractivity contribution in [3.05, 3.63) is 76.9 Å². The second-order valence-corrected chi connectivity index (χ2v) is 9.57. The number of hydrogen-bond donors (Lipinski definition) is 0. The molecule has 3 nitrogen and oxygen atoms in total. The van der Waals surface area contributed by atoms with Gasteiger partial charge < -0.3 is 14.2 Å². The summed E-state index contributed by atoms with van der Waals surface area (Å²) in [4.78, 5) is 0. The third-order valence-electron chi connectivity index (χ3n) is 6.98. The fourth-order valence-electron chi connectivity index (χ4n) is 4.89. The molecular weight excluding hydrogens is 522 g/mol. The fourth-order valence-corrected chi connectivity index (χ4v) is 4.89. The van der Waals surface area contributed by atoms with Crippen molar-refractivity contribution >= 4 is 0 Å². The summed E-state index contributed by atoms with van der Waals surface area (Å²) in [7, 11) is 0. The molecule has 0 amide bonds. The van der Waals surface area contributed by atoms with Gasteiger partial charge in [-0.15, -0.1) is 0 Å². The lowest BCUT2D eigenvalue weighted by Gasteiger charge is -2.29. The van der Waals surface area contributed by atoms with Crippen LogP contribution in [-0.2, 0) is 0 Å². The maximum Gasteiger partial charge on any atom is 0.201 e. The monoisotopic (exact) mass is 552 g/mol. The normalized spacial score (nSPS) is 17.2. The molecule has 1 fully saturated rings. The van der Waals surface area contributed by atoms with Crippen LogP contribution in [0, 0.1) is 40.8 Å². The van der Waals surface area contributed by atoms with Crippen molar-refractivity contribution in [1.82, 2.24) is 0 Å². The highest BCUT2D eigenvalue weighted by atomic mass is 19.2. The first-order chi connectivity index (χ1) is 18.8. The summed E-state index contributed by atoms with van der Waals surface area (Å²) >= 11 is 0. The minimum absolute atomic E-state index is 0.00102. The molecule has 0 heterocycles. The van der Waals surface area contributed by atoms with Gasteiger partial charge in [0, 0.05) is 11.1 Å². The van der Waals surface area contributed by atoms with Crippen molar-refractivity contribution in [2.75, 3.05) is 19.8 Å². The Morgan fingerprint density at radius 3 is 1.67 bits per heavy atom. The first kappa shape index (κ1) is 28.6. The number of halogens is 6. The molecule has 210 valence electrons. The molecule has 4 rings (SSSR count). The second-order valence-electron chi connectivity index (χ2n) is 9.57. The molecule has 0 atom stereocenters. The zero-order valence-corrected chi connectivity index (χ0v) is 21.8. The predicted molar refractivity (Wildman–Crippen MR) is 135 cm³/mol. The van der Waals surface area contributed by atoms with Crippen molar-refractivity contribution in [2.24, 2.45) is 5.92 Å². The maximum absolute atomic E-state index is 14.8. The highest BCUT2D eigenvalue weighted by molar-refractivity contribution is 5.67. The molecule has 0 saturated heterocycles. The Balaban J connectivity index is 1.38. The van der Waals surface area contributed by atoms with Crippen molar-refractivity contribution < 1.29 is 40.6 Å². The van der Waals surface area contributed by atoms with Crippen LogP contribution in [0.25, 0.3) is 11.1 Å². The van der Waals surface area contributed by atoms with Gasteiger partial charge in [-0.2, -0.15) is 13.2 Å². The third kappa shape index (κ3) is 6.12. The number of hydrogen-bond acceptors (Lipinski definition) is 3. The van der Waals surface area contributed by atoms with E-state index in [-0.39, 0.29) is 42.3 Å². The smallest absolute Gasteiger partial charge is 0.201 e. The van der Waals surface area contributed by atoms with E-state index in [4.69, 9.17) is 14.2 Å². The van der Waals surface area contributed by atoms with Crippen LogP contribution in [0.3, 0.4) is 0 Å². The lowest BCUT2D eigenvalue weighted by atomic mass is 9.79. The number of ether oxygens (including phenoxy) is 3. The Bertz CT molecular complexity index is 1300. The van der Waals surface area contributed by atoms with Gasteiger partial charge in [0.05, 0.1) is 19.8 Å². The van der Waals surface area contributed by atoms with E-state index in [0.717, 1.165) is 18.2 Å². The van der Waals surface area contributed by atoms with Crippen LogP contribution in [0.1, 0.15) is 57.4 Å². The van der Waals surface area contributed by atoms with Gasteiger partial charge in [0.25, 0.3) is 0 Å². The lowest BCUT2D eigenvalue weighted by Crippen LogP contribution is -2.20. The SMILES string of the molecule is CCCOc1ccc(C2CCC(COc3ccc(-c4ccc(OCC)c(F)c4F)c(F)c3F)CC2)c(F)c1F. The standard InChI is InChI=1S/C30H30F6O3/c1-3-15-38-23-12-9-19(25(31)29(23)35)18-7-5-17(6-8-18)16-39-24-14-11-21(27(33)30(24)36)20-10-13-22(37-4-2)28(34)26(20)32/h9-14,17-18H,3-8,15-16H2,1-2H3. The predicted octanol–water partition coefficient (Wildman–Crippen LogP) is 8.73. The van der Waals surface area contributed by atoms with Crippen LogP contribution in [0.15, 0.2) is 36.4 Å². The Morgan fingerprint density at radius 1 is 0.590 bits per heavy atom. The van der Waals surface area contributed by atoms with Crippen molar-refractivity contribution in [3.63, 3.8) is 0 Å². The van der Waals surface area contributed by atoms with E-state index in [1.807, 2.05) is 6.92 Å². The largest absolute Gasteiger partial charge is 0.491 e. The topological polar surface area (TPSA) is 27.7 Å². The number of benzene rings is 3. The Labute approximate surface area is 223 Å². The Kier molecular flexibility index (Phi) is 9.30. The molecule has 1 saturated carbocycles. The zero-order chi connectivity index (χ0) is 28.1. The summed E-state index contributed by atoms with van der Waals surface area (Å²) in [6, 6.07) is 7.60. The van der Waals surface area contributed by atoms with Gasteiger partial charge in [0.15, 0.2) is 34.7 Å². The summed E-state index contributed by atoms with van der Waals surface area (Å²) in [5.74, 6) is -8.12. The van der Waals surface area contributed by atoms with Crippen LogP contribution >= 0.6 is 0 Å². The summed E-state index contributed by atoms with van der Waals surface area (Å²) < 4.78 is 103. The molecule has 0 radical (unpaired) electrons. The number of rotatable bonds is 10. The van der Waals surface area contributed by atoms with Crippen molar-refractivity contribution in [1.29, 1.82) is 0 Å². The molecule has 0 aliphatic heterocycles. The zero-order valence-electron chi connectivity index (χ0n) is 21.8. The molecular formula is C30H30F6O3. The molecule has 39 heavy (non-hydrogen) atoms. The Morgan fingerprint density at radius 2 is 1.10 bits per heavy atom. The summed E-state index contributed by atoms with van der Waals surface area (Å²) in [5, 5.41) is 0. The van der Waals surface area contributed by atoms with Crippen LogP contribution in [0.2, 0.25) is 0 Å². The van der Waals surface area contributed by atoms with E-state index in [9.17, 15) is 26.3 Å². The highest BCUT2D eigenvalue weighted by Gasteiger charge is 2.28. The second kappa shape index (κ2) is 12.7. The van der Waals surface area contributed by atoms with Crippen LogP contribution in [-0.4, -0.2) is 19.8 Å².